The molecular weight excluding hydrogens is 411 g/mol. The normalized spacial score (nSPS) is 19.3. The second kappa shape index (κ2) is 9.42. The van der Waals surface area contributed by atoms with Crippen LogP contribution in [-0.2, 0) is 4.74 Å². The van der Waals surface area contributed by atoms with Gasteiger partial charge in [-0.05, 0) is 64.1 Å². The van der Waals surface area contributed by atoms with Crippen LogP contribution in [-0.4, -0.2) is 42.9 Å². The molecule has 0 spiro atoms. The molecule has 170 valence electrons. The first-order chi connectivity index (χ1) is 15.1. The summed E-state index contributed by atoms with van der Waals surface area (Å²) in [5.41, 5.74) is 0.922. The van der Waals surface area contributed by atoms with E-state index in [2.05, 4.69) is 4.99 Å². The van der Waals surface area contributed by atoms with E-state index in [0.29, 0.717) is 5.76 Å². The number of furan rings is 1. The molecule has 1 aromatic heterocycles. The van der Waals surface area contributed by atoms with Crippen molar-refractivity contribution in [1.82, 2.24) is 4.90 Å². The van der Waals surface area contributed by atoms with Crippen LogP contribution >= 0.6 is 0 Å². The molecule has 1 aliphatic heterocycles. The molecule has 0 N–H and O–H groups in total. The number of halogens is 1. The summed E-state index contributed by atoms with van der Waals surface area (Å²) in [6.07, 6.45) is 6.73. The number of hydrogen-bond donors (Lipinski definition) is 0. The first kappa shape index (κ1) is 23.3. The molecule has 0 bridgehead atoms. The van der Waals surface area contributed by atoms with Gasteiger partial charge in [-0.25, -0.2) is 14.2 Å². The molecule has 2 heterocycles. The van der Waals surface area contributed by atoms with E-state index in [-0.39, 0.29) is 5.84 Å². The zero-order chi connectivity index (χ0) is 23.5. The number of nitrogens with zero attached hydrogens (tertiary/aromatic N) is 2. The van der Waals surface area contributed by atoms with Gasteiger partial charge < -0.3 is 13.9 Å². The Balaban J connectivity index is 1.66. The van der Waals surface area contributed by atoms with Crippen LogP contribution in [0.15, 0.2) is 63.6 Å². The van der Waals surface area contributed by atoms with Crippen molar-refractivity contribution in [2.24, 2.45) is 10.9 Å². The number of dihydropyridines is 1. The van der Waals surface area contributed by atoms with Gasteiger partial charge >= 0.3 is 6.09 Å². The molecule has 2 unspecified atom stereocenters. The highest BCUT2D eigenvalue weighted by Gasteiger charge is 2.27. The summed E-state index contributed by atoms with van der Waals surface area (Å²) in [5, 5.41) is 0.944. The summed E-state index contributed by atoms with van der Waals surface area (Å²) >= 11 is 0. The fourth-order valence-corrected chi connectivity index (χ4v) is 3.18. The monoisotopic (exact) mass is 440 g/mol. The average Bonchev–Trinajstić information content (AvgIpc) is 3.13. The molecule has 0 radical (unpaired) electrons. The van der Waals surface area contributed by atoms with E-state index < -0.39 is 23.9 Å². The number of hydrogen-bond acceptors (Lipinski definition) is 5. The van der Waals surface area contributed by atoms with E-state index in [1.54, 1.807) is 40.0 Å². The standard InChI is InChI=1S/C25H29FN2O4/c1-16(8-7-9-19-15-17-14-18(30-6)10-12-21(17)31-19)20-11-13-22(27-23(20)26)28(5)24(29)32-25(2,3)4/h7-15,20,23H,1-6H3/b9-7+,16-8+. The number of alkyl halides is 1. The van der Waals surface area contributed by atoms with Gasteiger partial charge in [0.25, 0.3) is 0 Å². The minimum Gasteiger partial charge on any atom is -0.497 e. The average molecular weight is 441 g/mol. The molecule has 1 aromatic carbocycles. The second-order valence-corrected chi connectivity index (χ2v) is 8.61. The van der Waals surface area contributed by atoms with Gasteiger partial charge in [-0.2, -0.15) is 0 Å². The van der Waals surface area contributed by atoms with Crippen molar-refractivity contribution in [2.75, 3.05) is 14.2 Å². The van der Waals surface area contributed by atoms with Crippen molar-refractivity contribution < 1.29 is 23.1 Å². The predicted molar refractivity (Wildman–Crippen MR) is 125 cm³/mol. The van der Waals surface area contributed by atoms with Crippen LogP contribution in [0.1, 0.15) is 33.5 Å². The van der Waals surface area contributed by atoms with Gasteiger partial charge in [0.05, 0.1) is 13.0 Å². The highest BCUT2D eigenvalue weighted by atomic mass is 19.1. The van der Waals surface area contributed by atoms with Crippen molar-refractivity contribution in [3.8, 4) is 5.75 Å². The first-order valence-corrected chi connectivity index (χ1v) is 10.4. The van der Waals surface area contributed by atoms with Gasteiger partial charge in [0.15, 0.2) is 0 Å². The topological polar surface area (TPSA) is 64.3 Å². The van der Waals surface area contributed by atoms with Crippen LogP contribution in [0.2, 0.25) is 0 Å². The zero-order valence-electron chi connectivity index (χ0n) is 19.3. The summed E-state index contributed by atoms with van der Waals surface area (Å²) in [6.45, 7) is 7.16. The molecule has 0 aliphatic carbocycles. The minimum atomic E-state index is -1.50. The van der Waals surface area contributed by atoms with Gasteiger partial charge in [-0.1, -0.05) is 23.8 Å². The third kappa shape index (κ3) is 5.66. The lowest BCUT2D eigenvalue weighted by atomic mass is 9.96. The Labute approximate surface area is 187 Å². The Kier molecular flexibility index (Phi) is 6.87. The van der Waals surface area contributed by atoms with Crippen LogP contribution in [0.25, 0.3) is 17.0 Å². The number of carbonyl (C=O) groups is 1. The molecule has 3 rings (SSSR count). The van der Waals surface area contributed by atoms with Crippen molar-refractivity contribution in [2.45, 2.75) is 39.6 Å². The Bertz CT molecular complexity index is 1100. The van der Waals surface area contributed by atoms with Crippen molar-refractivity contribution in [3.63, 3.8) is 0 Å². The van der Waals surface area contributed by atoms with Crippen molar-refractivity contribution in [1.29, 1.82) is 0 Å². The number of amides is 1. The summed E-state index contributed by atoms with van der Waals surface area (Å²) < 4.78 is 31.1. The maximum absolute atomic E-state index is 14.8. The third-order valence-electron chi connectivity index (χ3n) is 4.90. The largest absolute Gasteiger partial charge is 0.497 e. The van der Waals surface area contributed by atoms with Crippen molar-refractivity contribution in [3.05, 3.63) is 59.9 Å². The van der Waals surface area contributed by atoms with E-state index in [0.717, 1.165) is 22.3 Å². The number of rotatable bonds is 4. The highest BCUT2D eigenvalue weighted by molar-refractivity contribution is 6.02. The van der Waals surface area contributed by atoms with E-state index in [4.69, 9.17) is 13.9 Å². The lowest BCUT2D eigenvalue weighted by molar-refractivity contribution is 0.0401. The van der Waals surface area contributed by atoms with Crippen LogP contribution in [0.4, 0.5) is 9.18 Å². The summed E-state index contributed by atoms with van der Waals surface area (Å²) in [4.78, 5) is 17.4. The molecule has 32 heavy (non-hydrogen) atoms. The second-order valence-electron chi connectivity index (χ2n) is 8.61. The maximum Gasteiger partial charge on any atom is 0.415 e. The highest BCUT2D eigenvalue weighted by Crippen LogP contribution is 2.27. The van der Waals surface area contributed by atoms with E-state index in [9.17, 15) is 9.18 Å². The van der Waals surface area contributed by atoms with Crippen LogP contribution in [0.3, 0.4) is 0 Å². The van der Waals surface area contributed by atoms with Gasteiger partial charge in [0.2, 0.25) is 6.30 Å². The number of likely N-dealkylation sites (N-methyl/N-ethyl adjacent to an activating group) is 1. The van der Waals surface area contributed by atoms with E-state index in [1.807, 2.05) is 49.4 Å². The third-order valence-corrected chi connectivity index (χ3v) is 4.90. The number of aliphatic imine (C=N–C) groups is 1. The molecule has 0 saturated heterocycles. The Morgan fingerprint density at radius 3 is 2.69 bits per heavy atom. The number of methoxy groups -OCH3 is 1. The van der Waals surface area contributed by atoms with Crippen LogP contribution in [0.5, 0.6) is 5.75 Å². The fourth-order valence-electron chi connectivity index (χ4n) is 3.18. The first-order valence-electron chi connectivity index (χ1n) is 10.4. The van der Waals surface area contributed by atoms with Gasteiger partial charge in [0.1, 0.15) is 28.5 Å². The molecule has 0 saturated carbocycles. The molecule has 2 atom stereocenters. The Morgan fingerprint density at radius 1 is 1.28 bits per heavy atom. The molecular formula is C25H29FN2O4. The molecule has 7 heteroatoms. The lowest BCUT2D eigenvalue weighted by Gasteiger charge is -2.27. The van der Waals surface area contributed by atoms with Crippen LogP contribution in [0, 0.1) is 5.92 Å². The molecule has 0 fully saturated rings. The van der Waals surface area contributed by atoms with Crippen molar-refractivity contribution >= 4 is 29.0 Å². The summed E-state index contributed by atoms with van der Waals surface area (Å²) in [5.74, 6) is 1.16. The number of carbonyl (C=O) groups excluding carboxylic acids is 1. The van der Waals surface area contributed by atoms with Gasteiger partial charge in [-0.3, -0.25) is 4.90 Å². The Morgan fingerprint density at radius 2 is 2.03 bits per heavy atom. The summed E-state index contributed by atoms with van der Waals surface area (Å²) in [6, 6.07) is 7.52. The fraction of sp³-hybridized carbons (Fsp3) is 0.360. The maximum atomic E-state index is 14.8. The van der Waals surface area contributed by atoms with E-state index in [1.165, 1.54) is 11.9 Å². The molecule has 6 nitrogen and oxygen atoms in total. The number of benzene rings is 1. The molecule has 2 aromatic rings. The minimum absolute atomic E-state index is 0.226. The van der Waals surface area contributed by atoms with Gasteiger partial charge in [-0.15, -0.1) is 0 Å². The lowest BCUT2D eigenvalue weighted by Crippen LogP contribution is -2.39. The zero-order valence-corrected chi connectivity index (χ0v) is 19.3. The number of allylic oxidation sites excluding steroid dienone is 2. The molecule has 1 amide bonds. The molecule has 1 aliphatic rings. The summed E-state index contributed by atoms with van der Waals surface area (Å²) in [7, 11) is 3.13. The number of fused-ring (bicyclic) bond motifs is 1. The number of ether oxygens (including phenoxy) is 2. The number of amidine groups is 1. The predicted octanol–water partition coefficient (Wildman–Crippen LogP) is 6.15. The quantitative estimate of drug-likeness (QED) is 0.423. The van der Waals surface area contributed by atoms with Crippen LogP contribution < -0.4 is 4.74 Å². The van der Waals surface area contributed by atoms with E-state index >= 15 is 0 Å². The van der Waals surface area contributed by atoms with Gasteiger partial charge in [0, 0.05) is 12.4 Å². The Hall–Kier alpha value is -3.35. The smallest absolute Gasteiger partial charge is 0.415 e. The SMILES string of the molecule is COc1ccc2oc(/C=C/C=C(\C)C3C=CC(N(C)C(=O)OC(C)(C)C)=NC3F)cc2c1.